The first-order valence-electron chi connectivity index (χ1n) is 5.03. The highest BCUT2D eigenvalue weighted by molar-refractivity contribution is 5.57. The quantitative estimate of drug-likeness (QED) is 0.558. The van der Waals surface area contributed by atoms with Crippen LogP contribution in [0.15, 0.2) is 6.33 Å². The Balaban J connectivity index is 2.26. The van der Waals surface area contributed by atoms with Crippen LogP contribution in [-0.4, -0.2) is 21.7 Å². The predicted molar refractivity (Wildman–Crippen MR) is 56.2 cm³/mol. The molecular formula is C9H12F3N5. The Labute approximate surface area is 95.6 Å². The van der Waals surface area contributed by atoms with Gasteiger partial charge in [0.1, 0.15) is 23.5 Å². The molecule has 8 heteroatoms. The molecule has 1 fully saturated rings. The first-order chi connectivity index (χ1) is 7.89. The average molecular weight is 247 g/mol. The van der Waals surface area contributed by atoms with Crippen LogP contribution in [0.2, 0.25) is 0 Å². The topological polar surface area (TPSA) is 75.9 Å². The minimum absolute atomic E-state index is 0.0608. The van der Waals surface area contributed by atoms with Crippen LogP contribution in [0, 0.1) is 6.92 Å². The number of anilines is 2. The molecule has 1 aliphatic rings. The van der Waals surface area contributed by atoms with Crippen molar-refractivity contribution in [2.75, 3.05) is 10.7 Å². The van der Waals surface area contributed by atoms with Crippen molar-refractivity contribution in [2.45, 2.75) is 31.5 Å². The van der Waals surface area contributed by atoms with Gasteiger partial charge in [-0.05, 0) is 19.8 Å². The number of rotatable bonds is 3. The summed E-state index contributed by atoms with van der Waals surface area (Å²) in [5.74, 6) is 5.66. The van der Waals surface area contributed by atoms with E-state index in [4.69, 9.17) is 5.84 Å². The molecule has 0 amide bonds. The molecule has 0 unspecified atom stereocenters. The van der Waals surface area contributed by atoms with Crippen molar-refractivity contribution < 1.29 is 13.2 Å². The number of nitrogen functional groups attached to an aromatic ring is 1. The summed E-state index contributed by atoms with van der Waals surface area (Å²) < 4.78 is 38.2. The largest absolute Gasteiger partial charge is 0.411 e. The normalized spacial score (nSPS) is 17.7. The number of hydrazine groups is 1. The Morgan fingerprint density at radius 1 is 1.29 bits per heavy atom. The second-order valence-electron chi connectivity index (χ2n) is 4.05. The highest BCUT2D eigenvalue weighted by Gasteiger charge is 2.63. The fourth-order valence-electron chi connectivity index (χ4n) is 1.55. The third kappa shape index (κ3) is 1.99. The maximum atomic E-state index is 12.7. The number of nitrogens with two attached hydrogens (primary N) is 1. The van der Waals surface area contributed by atoms with E-state index in [1.165, 1.54) is 0 Å². The van der Waals surface area contributed by atoms with Crippen LogP contribution < -0.4 is 16.6 Å². The lowest BCUT2D eigenvalue weighted by Gasteiger charge is -2.22. The van der Waals surface area contributed by atoms with E-state index >= 15 is 0 Å². The minimum Gasteiger partial charge on any atom is -0.356 e. The van der Waals surface area contributed by atoms with E-state index in [1.807, 2.05) is 0 Å². The van der Waals surface area contributed by atoms with E-state index in [-0.39, 0.29) is 18.7 Å². The minimum atomic E-state index is -4.28. The number of hydrogen-bond donors (Lipinski definition) is 3. The van der Waals surface area contributed by atoms with E-state index in [1.54, 1.807) is 6.92 Å². The molecule has 0 aromatic carbocycles. The predicted octanol–water partition coefficient (Wildman–Crippen LogP) is 1.58. The van der Waals surface area contributed by atoms with Gasteiger partial charge in [-0.3, -0.25) is 0 Å². The molecule has 2 rings (SSSR count). The van der Waals surface area contributed by atoms with E-state index < -0.39 is 11.7 Å². The zero-order chi connectivity index (χ0) is 12.7. The standard InChI is InChI=1S/C9H12F3N5/c1-5-6(14-4-15-7(5)17-13)16-8(2-3-8)9(10,11)12/h4H,2-3,13H2,1H3,(H2,14,15,16,17). The van der Waals surface area contributed by atoms with Gasteiger partial charge in [-0.1, -0.05) is 0 Å². The summed E-state index contributed by atoms with van der Waals surface area (Å²) in [6, 6.07) is 0. The maximum absolute atomic E-state index is 12.7. The second-order valence-corrected chi connectivity index (χ2v) is 4.05. The monoisotopic (exact) mass is 247 g/mol. The SMILES string of the molecule is Cc1c(NN)ncnc1NC1(C(F)(F)F)CC1. The number of alkyl halides is 3. The number of aromatic nitrogens is 2. The number of nitrogens with one attached hydrogen (secondary N) is 2. The Morgan fingerprint density at radius 3 is 2.35 bits per heavy atom. The maximum Gasteiger partial charge on any atom is 0.411 e. The summed E-state index contributed by atoms with van der Waals surface area (Å²) in [7, 11) is 0. The molecular weight excluding hydrogens is 235 g/mol. The molecule has 0 spiro atoms. The Hall–Kier alpha value is -1.57. The summed E-state index contributed by atoms with van der Waals surface area (Å²) in [5.41, 5.74) is 0.936. The summed E-state index contributed by atoms with van der Waals surface area (Å²) in [5, 5.41) is 2.44. The highest BCUT2D eigenvalue weighted by atomic mass is 19.4. The van der Waals surface area contributed by atoms with E-state index in [9.17, 15) is 13.2 Å². The van der Waals surface area contributed by atoms with Gasteiger partial charge in [-0.2, -0.15) is 13.2 Å². The van der Waals surface area contributed by atoms with Crippen molar-refractivity contribution in [1.82, 2.24) is 9.97 Å². The third-order valence-electron chi connectivity index (χ3n) is 2.87. The van der Waals surface area contributed by atoms with Gasteiger partial charge in [0.05, 0.1) is 0 Å². The van der Waals surface area contributed by atoms with Gasteiger partial charge in [0.2, 0.25) is 0 Å². The van der Waals surface area contributed by atoms with Crippen LogP contribution in [0.25, 0.3) is 0 Å². The van der Waals surface area contributed by atoms with E-state index in [2.05, 4.69) is 20.7 Å². The molecule has 17 heavy (non-hydrogen) atoms. The van der Waals surface area contributed by atoms with Gasteiger partial charge in [0.25, 0.3) is 0 Å². The lowest BCUT2D eigenvalue weighted by atomic mass is 10.2. The summed E-state index contributed by atoms with van der Waals surface area (Å²) >= 11 is 0. The molecule has 0 aliphatic heterocycles. The zero-order valence-corrected chi connectivity index (χ0v) is 9.10. The van der Waals surface area contributed by atoms with Crippen molar-refractivity contribution in [3.05, 3.63) is 11.9 Å². The summed E-state index contributed by atoms with van der Waals surface area (Å²) in [6.45, 7) is 1.60. The first-order valence-corrected chi connectivity index (χ1v) is 5.03. The lowest BCUT2D eigenvalue weighted by molar-refractivity contribution is -0.151. The van der Waals surface area contributed by atoms with Crippen LogP contribution in [0.3, 0.4) is 0 Å². The van der Waals surface area contributed by atoms with Gasteiger partial charge >= 0.3 is 6.18 Å². The molecule has 0 bridgehead atoms. The van der Waals surface area contributed by atoms with Gasteiger partial charge < -0.3 is 10.7 Å². The molecule has 1 aliphatic carbocycles. The van der Waals surface area contributed by atoms with Crippen LogP contribution in [-0.2, 0) is 0 Å². The number of halogens is 3. The molecule has 0 radical (unpaired) electrons. The van der Waals surface area contributed by atoms with Gasteiger partial charge in [-0.25, -0.2) is 15.8 Å². The van der Waals surface area contributed by atoms with Crippen molar-refractivity contribution in [2.24, 2.45) is 5.84 Å². The molecule has 1 aromatic rings. The molecule has 94 valence electrons. The first kappa shape index (κ1) is 11.9. The Morgan fingerprint density at radius 2 is 1.88 bits per heavy atom. The van der Waals surface area contributed by atoms with E-state index in [0.29, 0.717) is 11.4 Å². The molecule has 4 N–H and O–H groups in total. The van der Waals surface area contributed by atoms with Crippen molar-refractivity contribution >= 4 is 11.6 Å². The van der Waals surface area contributed by atoms with Crippen molar-refractivity contribution in [1.29, 1.82) is 0 Å². The van der Waals surface area contributed by atoms with Crippen LogP contribution in [0.5, 0.6) is 0 Å². The fraction of sp³-hybridized carbons (Fsp3) is 0.556. The van der Waals surface area contributed by atoms with Crippen molar-refractivity contribution in [3.8, 4) is 0 Å². The molecule has 0 saturated heterocycles. The lowest BCUT2D eigenvalue weighted by Crippen LogP contribution is -2.39. The molecule has 0 atom stereocenters. The van der Waals surface area contributed by atoms with Crippen LogP contribution in [0.4, 0.5) is 24.8 Å². The Kier molecular flexibility index (Phi) is 2.61. The summed E-state index contributed by atoms with van der Waals surface area (Å²) in [6.07, 6.45) is -2.99. The van der Waals surface area contributed by atoms with Crippen molar-refractivity contribution in [3.63, 3.8) is 0 Å². The smallest absolute Gasteiger partial charge is 0.356 e. The number of hydrogen-bond acceptors (Lipinski definition) is 5. The highest BCUT2D eigenvalue weighted by Crippen LogP contribution is 2.51. The second kappa shape index (κ2) is 3.73. The average Bonchev–Trinajstić information content (AvgIpc) is 3.01. The van der Waals surface area contributed by atoms with Gasteiger partial charge in [0.15, 0.2) is 0 Å². The van der Waals surface area contributed by atoms with Gasteiger partial charge in [-0.15, -0.1) is 0 Å². The van der Waals surface area contributed by atoms with Crippen LogP contribution in [0.1, 0.15) is 18.4 Å². The van der Waals surface area contributed by atoms with Gasteiger partial charge in [0, 0.05) is 5.56 Å². The molecule has 1 heterocycles. The zero-order valence-electron chi connectivity index (χ0n) is 9.10. The Bertz CT molecular complexity index is 427. The fourth-order valence-corrected chi connectivity index (χ4v) is 1.55. The molecule has 1 saturated carbocycles. The van der Waals surface area contributed by atoms with Crippen LogP contribution >= 0.6 is 0 Å². The number of nitrogens with zero attached hydrogens (tertiary/aromatic N) is 2. The summed E-state index contributed by atoms with van der Waals surface area (Å²) in [4.78, 5) is 7.61. The molecule has 1 aromatic heterocycles. The van der Waals surface area contributed by atoms with E-state index in [0.717, 1.165) is 6.33 Å². The molecule has 5 nitrogen and oxygen atoms in total. The third-order valence-corrected chi connectivity index (χ3v) is 2.87.